The second-order valence-electron chi connectivity index (χ2n) is 5.05. The number of para-hydroxylation sites is 1. The van der Waals surface area contributed by atoms with Crippen molar-refractivity contribution in [2.24, 2.45) is 0 Å². The van der Waals surface area contributed by atoms with E-state index in [2.05, 4.69) is 6.07 Å². The standard InChI is InChI=1S/C16H16N2O2/c19-18(20)16-11-10-14-8-4-5-9-15(14)17(16)12-13-6-2-1-3-7-13/h1-9,16H,10-12H2. The van der Waals surface area contributed by atoms with Gasteiger partial charge in [-0.25, -0.2) is 0 Å². The molecule has 4 heteroatoms. The number of aryl methyl sites for hydroxylation is 1. The van der Waals surface area contributed by atoms with Crippen LogP contribution in [-0.2, 0) is 13.0 Å². The first-order valence-electron chi connectivity index (χ1n) is 6.77. The van der Waals surface area contributed by atoms with Crippen LogP contribution in [0.2, 0.25) is 0 Å². The van der Waals surface area contributed by atoms with Gasteiger partial charge in [0, 0.05) is 23.6 Å². The second-order valence-corrected chi connectivity index (χ2v) is 5.05. The highest BCUT2D eigenvalue weighted by Gasteiger charge is 2.33. The summed E-state index contributed by atoms with van der Waals surface area (Å²) < 4.78 is 0. The van der Waals surface area contributed by atoms with Gasteiger partial charge in [-0.1, -0.05) is 48.5 Å². The van der Waals surface area contributed by atoms with Gasteiger partial charge in [0.2, 0.25) is 0 Å². The van der Waals surface area contributed by atoms with Gasteiger partial charge in [-0.15, -0.1) is 0 Å². The number of hydrogen-bond acceptors (Lipinski definition) is 3. The summed E-state index contributed by atoms with van der Waals surface area (Å²) in [7, 11) is 0. The molecular weight excluding hydrogens is 252 g/mol. The number of fused-ring (bicyclic) bond motifs is 1. The third kappa shape index (κ3) is 2.37. The Morgan fingerprint density at radius 3 is 2.55 bits per heavy atom. The molecule has 3 rings (SSSR count). The average molecular weight is 268 g/mol. The summed E-state index contributed by atoms with van der Waals surface area (Å²) in [6, 6.07) is 17.9. The molecule has 4 nitrogen and oxygen atoms in total. The van der Waals surface area contributed by atoms with Gasteiger partial charge in [0.25, 0.3) is 6.17 Å². The molecule has 0 saturated heterocycles. The van der Waals surface area contributed by atoms with E-state index in [4.69, 9.17) is 0 Å². The van der Waals surface area contributed by atoms with E-state index in [1.165, 1.54) is 5.56 Å². The molecule has 0 bridgehead atoms. The zero-order valence-electron chi connectivity index (χ0n) is 11.1. The van der Waals surface area contributed by atoms with Crippen LogP contribution < -0.4 is 4.90 Å². The predicted molar refractivity (Wildman–Crippen MR) is 78.2 cm³/mol. The number of nitrogens with zero attached hydrogens (tertiary/aromatic N) is 2. The minimum absolute atomic E-state index is 0.168. The fourth-order valence-electron chi connectivity index (χ4n) is 2.79. The summed E-state index contributed by atoms with van der Waals surface area (Å²) in [6.45, 7) is 0.573. The minimum Gasteiger partial charge on any atom is -0.305 e. The van der Waals surface area contributed by atoms with Crippen LogP contribution in [0, 0.1) is 10.1 Å². The molecule has 2 aromatic rings. The Morgan fingerprint density at radius 2 is 1.80 bits per heavy atom. The Labute approximate surface area is 117 Å². The van der Waals surface area contributed by atoms with Gasteiger partial charge in [0.05, 0.1) is 0 Å². The van der Waals surface area contributed by atoms with Crippen LogP contribution in [0.3, 0.4) is 0 Å². The first kappa shape index (κ1) is 12.7. The van der Waals surface area contributed by atoms with Crippen LogP contribution in [-0.4, -0.2) is 11.1 Å². The third-order valence-electron chi connectivity index (χ3n) is 3.77. The molecule has 0 aliphatic carbocycles. The van der Waals surface area contributed by atoms with Gasteiger partial charge in [0.15, 0.2) is 0 Å². The number of anilines is 1. The van der Waals surface area contributed by atoms with Crippen LogP contribution in [0.5, 0.6) is 0 Å². The number of nitro groups is 1. The molecule has 20 heavy (non-hydrogen) atoms. The zero-order chi connectivity index (χ0) is 13.9. The van der Waals surface area contributed by atoms with E-state index in [0.717, 1.165) is 17.7 Å². The van der Waals surface area contributed by atoms with Crippen molar-refractivity contribution in [1.82, 2.24) is 0 Å². The maximum Gasteiger partial charge on any atom is 0.287 e. The van der Waals surface area contributed by atoms with Crippen molar-refractivity contribution in [3.05, 3.63) is 75.8 Å². The average Bonchev–Trinajstić information content (AvgIpc) is 2.48. The third-order valence-corrected chi connectivity index (χ3v) is 3.77. The van der Waals surface area contributed by atoms with Crippen molar-refractivity contribution in [2.45, 2.75) is 25.6 Å². The molecule has 1 aliphatic heterocycles. The molecule has 1 heterocycles. The SMILES string of the molecule is O=[N+]([O-])C1CCc2ccccc2N1Cc1ccccc1. The maximum atomic E-state index is 11.3. The van der Waals surface area contributed by atoms with Gasteiger partial charge in [-0.3, -0.25) is 10.1 Å². The monoisotopic (exact) mass is 268 g/mol. The van der Waals surface area contributed by atoms with Crippen LogP contribution in [0.4, 0.5) is 5.69 Å². The Balaban J connectivity index is 1.97. The summed E-state index contributed by atoms with van der Waals surface area (Å²) in [5.41, 5.74) is 3.28. The first-order valence-corrected chi connectivity index (χ1v) is 6.77. The van der Waals surface area contributed by atoms with E-state index in [-0.39, 0.29) is 4.92 Å². The van der Waals surface area contributed by atoms with Crippen molar-refractivity contribution >= 4 is 5.69 Å². The maximum absolute atomic E-state index is 11.3. The van der Waals surface area contributed by atoms with Gasteiger partial charge in [-0.05, 0) is 23.6 Å². The van der Waals surface area contributed by atoms with E-state index >= 15 is 0 Å². The van der Waals surface area contributed by atoms with E-state index in [9.17, 15) is 10.1 Å². The summed E-state index contributed by atoms with van der Waals surface area (Å²) >= 11 is 0. The molecule has 2 aromatic carbocycles. The Hall–Kier alpha value is -2.36. The van der Waals surface area contributed by atoms with Crippen LogP contribution >= 0.6 is 0 Å². The van der Waals surface area contributed by atoms with Gasteiger partial charge in [-0.2, -0.15) is 0 Å². The van der Waals surface area contributed by atoms with E-state index in [0.29, 0.717) is 13.0 Å². The van der Waals surface area contributed by atoms with Crippen molar-refractivity contribution in [1.29, 1.82) is 0 Å². The van der Waals surface area contributed by atoms with E-state index < -0.39 is 6.17 Å². The largest absolute Gasteiger partial charge is 0.305 e. The molecule has 0 spiro atoms. The summed E-state index contributed by atoms with van der Waals surface area (Å²) in [5, 5.41) is 11.3. The topological polar surface area (TPSA) is 46.4 Å². The van der Waals surface area contributed by atoms with Crippen LogP contribution in [0.1, 0.15) is 17.5 Å². The highest BCUT2D eigenvalue weighted by Crippen LogP contribution is 2.32. The highest BCUT2D eigenvalue weighted by molar-refractivity contribution is 5.56. The Kier molecular flexibility index (Phi) is 3.37. The second kappa shape index (κ2) is 5.33. The van der Waals surface area contributed by atoms with Crippen LogP contribution in [0.15, 0.2) is 54.6 Å². The van der Waals surface area contributed by atoms with Crippen molar-refractivity contribution in [3.63, 3.8) is 0 Å². The lowest BCUT2D eigenvalue weighted by molar-refractivity contribution is -0.523. The zero-order valence-corrected chi connectivity index (χ0v) is 11.1. The van der Waals surface area contributed by atoms with Crippen molar-refractivity contribution < 1.29 is 4.92 Å². The predicted octanol–water partition coefficient (Wildman–Crippen LogP) is 3.24. The summed E-state index contributed by atoms with van der Waals surface area (Å²) in [6.07, 6.45) is 0.703. The molecule has 0 aromatic heterocycles. The fourth-order valence-corrected chi connectivity index (χ4v) is 2.79. The molecule has 0 saturated carbocycles. The lowest BCUT2D eigenvalue weighted by Crippen LogP contribution is -2.44. The minimum atomic E-state index is -0.634. The Bertz CT molecular complexity index is 613. The molecule has 0 N–H and O–H groups in total. The molecule has 102 valence electrons. The quantitative estimate of drug-likeness (QED) is 0.634. The molecule has 1 atom stereocenters. The van der Waals surface area contributed by atoms with Gasteiger partial charge >= 0.3 is 0 Å². The molecule has 0 radical (unpaired) electrons. The fraction of sp³-hybridized carbons (Fsp3) is 0.250. The normalized spacial score (nSPS) is 17.6. The number of rotatable bonds is 3. The van der Waals surface area contributed by atoms with E-state index in [1.54, 1.807) is 0 Å². The van der Waals surface area contributed by atoms with Crippen molar-refractivity contribution in [2.75, 3.05) is 4.90 Å². The van der Waals surface area contributed by atoms with Crippen LogP contribution in [0.25, 0.3) is 0 Å². The van der Waals surface area contributed by atoms with Crippen molar-refractivity contribution in [3.8, 4) is 0 Å². The smallest absolute Gasteiger partial charge is 0.287 e. The van der Waals surface area contributed by atoms with E-state index in [1.807, 2.05) is 53.4 Å². The number of hydrogen-bond donors (Lipinski definition) is 0. The molecule has 0 amide bonds. The lowest BCUT2D eigenvalue weighted by atomic mass is 9.99. The number of benzene rings is 2. The molecular formula is C16H16N2O2. The lowest BCUT2D eigenvalue weighted by Gasteiger charge is -2.33. The van der Waals surface area contributed by atoms with Gasteiger partial charge in [0.1, 0.15) is 0 Å². The summed E-state index contributed by atoms with van der Waals surface area (Å²) in [4.78, 5) is 13.1. The highest BCUT2D eigenvalue weighted by atomic mass is 16.6. The molecule has 1 aliphatic rings. The van der Waals surface area contributed by atoms with Gasteiger partial charge < -0.3 is 4.90 Å². The summed E-state index contributed by atoms with van der Waals surface area (Å²) in [5.74, 6) is 0. The first-order chi connectivity index (χ1) is 9.75. The Morgan fingerprint density at radius 1 is 1.10 bits per heavy atom. The molecule has 0 fully saturated rings. The molecule has 1 unspecified atom stereocenters.